The van der Waals surface area contributed by atoms with Gasteiger partial charge in [-0.2, -0.15) is 47.2 Å². The molecule has 0 spiro atoms. The number of hydrogen-bond donors (Lipinski definition) is 0. The quantitative estimate of drug-likeness (QED) is 0.125. The van der Waals surface area contributed by atoms with Crippen molar-refractivity contribution in [3.63, 3.8) is 0 Å². The molecular formula is O10P4S6Zn6. The minimum atomic E-state index is -4.56. The molecule has 0 aromatic heterocycles. The van der Waals surface area contributed by atoms with Gasteiger partial charge in [-0.05, 0) is 0 Å². The molecule has 26 heteroatoms. The van der Waals surface area contributed by atoms with Gasteiger partial charge in [-0.15, -0.1) is 0 Å². The van der Waals surface area contributed by atoms with Crippen LogP contribution in [-0.4, -0.2) is 0 Å². The van der Waals surface area contributed by atoms with Crippen molar-refractivity contribution in [2.75, 3.05) is 0 Å². The van der Waals surface area contributed by atoms with E-state index < -0.39 is 24.8 Å². The predicted octanol–water partition coefficient (Wildman–Crippen LogP) is -8.47. The molecule has 26 heavy (non-hydrogen) atoms. The van der Waals surface area contributed by atoms with Crippen molar-refractivity contribution >= 4 is 96.5 Å². The molecule has 0 heterocycles. The molecule has 0 aliphatic carbocycles. The van der Waals surface area contributed by atoms with Gasteiger partial charge in [-0.25, -0.2) is 0 Å². The third-order valence-corrected chi connectivity index (χ3v) is 0. The monoisotopic (exact) mass is 859 g/mol. The molecule has 0 aromatic carbocycles. The average molecular weight is 869 g/mol. The van der Waals surface area contributed by atoms with E-state index in [0.29, 0.717) is 0 Å². The Morgan fingerprint density at radius 1 is 0.385 bits per heavy atom. The smallest absolute Gasteiger partial charge is 0.850 e. The third kappa shape index (κ3) is 611. The van der Waals surface area contributed by atoms with Gasteiger partial charge in [-0.3, -0.25) is 0 Å². The standard InChI is InChI=1S/2H3O3PS.2H3O2PS2.6Zn/c2*1-4(2,3)5;2*1-3(2,4)5;;;;;;/h2*(H3,1,2,3,5);2*(H3,1,2,4,5);;;;;;/q;;;;6*+2/p-12. The predicted molar refractivity (Wildman–Crippen MR) is 71.9 cm³/mol. The van der Waals surface area contributed by atoms with E-state index in [2.05, 4.69) is 71.7 Å². The molecule has 0 rings (SSSR count). The molecule has 0 N–H and O–H groups in total. The molecule has 0 amide bonds. The molecule has 0 bridgehead atoms. The second kappa shape index (κ2) is 31.6. The fourth-order valence-corrected chi connectivity index (χ4v) is 0. The largest absolute Gasteiger partial charge is 2.00 e. The Labute approximate surface area is 258 Å². The maximum Gasteiger partial charge on any atom is 2.00 e. The van der Waals surface area contributed by atoms with Crippen molar-refractivity contribution in [1.82, 2.24) is 0 Å². The molecule has 0 aliphatic heterocycles. The topological polar surface area (TPSA) is 231 Å². The SMILES string of the molecule is [O-]P([O-])(=S)[S-].[O-]P([O-])(=S)[S-].[O-]P([O-])([O-])=S.[O-]P([O-])([O-])=S.[Zn+2].[Zn+2].[Zn+2].[Zn+2].[Zn+2].[Zn+2]. The Morgan fingerprint density at radius 3 is 0.385 bits per heavy atom. The Hall–Kier alpha value is 6.64. The van der Waals surface area contributed by atoms with Crippen LogP contribution in [0.15, 0.2) is 0 Å². The van der Waals surface area contributed by atoms with Crippen LogP contribution >= 0.6 is 24.8 Å². The number of rotatable bonds is 0. The summed E-state index contributed by atoms with van der Waals surface area (Å²) in [6.07, 6.45) is 0. The molecular weight excluding hydrogens is 869 g/mol. The van der Waals surface area contributed by atoms with E-state index in [1.165, 1.54) is 0 Å². The zero-order chi connectivity index (χ0) is 18.0. The summed E-state index contributed by atoms with van der Waals surface area (Å²) in [5.41, 5.74) is -7.44. The zero-order valence-electron chi connectivity index (χ0n) is 12.6. The van der Waals surface area contributed by atoms with Gasteiger partial charge < -0.3 is 98.3 Å². The van der Waals surface area contributed by atoms with E-state index >= 15 is 0 Å². The van der Waals surface area contributed by atoms with Gasteiger partial charge in [0.1, 0.15) is 0 Å². The van der Waals surface area contributed by atoms with Gasteiger partial charge in [0.15, 0.2) is 0 Å². The molecule has 0 unspecified atom stereocenters. The van der Waals surface area contributed by atoms with Crippen LogP contribution in [0, 0.1) is 0 Å². The summed E-state index contributed by atoms with van der Waals surface area (Å²) >= 11 is 21.1. The van der Waals surface area contributed by atoms with Crippen molar-refractivity contribution < 1.29 is 166 Å². The first-order valence-corrected chi connectivity index (χ1v) is 15.3. The number of hydrogen-bond acceptors (Lipinski definition) is 16. The van der Waals surface area contributed by atoms with Crippen molar-refractivity contribution in [3.05, 3.63) is 0 Å². The van der Waals surface area contributed by atoms with Crippen LogP contribution in [0.25, 0.3) is 0 Å². The Bertz CT molecular complexity index is 315. The molecule has 128 valence electrons. The third-order valence-electron chi connectivity index (χ3n) is 0. The molecule has 0 fully saturated rings. The van der Waals surface area contributed by atoms with E-state index in [9.17, 15) is 19.6 Å². The summed E-state index contributed by atoms with van der Waals surface area (Å²) < 4.78 is 0. The van der Waals surface area contributed by atoms with Crippen molar-refractivity contribution in [3.8, 4) is 0 Å². The fourth-order valence-electron chi connectivity index (χ4n) is 0. The van der Waals surface area contributed by atoms with Crippen molar-refractivity contribution in [2.45, 2.75) is 0 Å². The van der Waals surface area contributed by atoms with Crippen LogP contribution in [-0.2, 0) is 189 Å². The molecule has 0 radical (unpaired) electrons. The average Bonchev–Trinajstić information content (AvgIpc) is 1.62. The summed E-state index contributed by atoms with van der Waals surface area (Å²) in [5.74, 6) is 0. The summed E-state index contributed by atoms with van der Waals surface area (Å²) in [6.45, 7) is -9.11. The second-order valence-corrected chi connectivity index (χ2v) is 15.2. The van der Waals surface area contributed by atoms with Crippen molar-refractivity contribution in [1.29, 1.82) is 0 Å². The minimum absolute atomic E-state index is 0. The van der Waals surface area contributed by atoms with Crippen molar-refractivity contribution in [2.24, 2.45) is 0 Å². The van der Waals surface area contributed by atoms with Crippen LogP contribution in [0.1, 0.15) is 0 Å². The van der Waals surface area contributed by atoms with E-state index in [0.717, 1.165) is 0 Å². The first-order valence-electron chi connectivity index (χ1n) is 2.92. The Morgan fingerprint density at radius 2 is 0.385 bits per heavy atom. The van der Waals surface area contributed by atoms with Gasteiger partial charge >= 0.3 is 117 Å². The van der Waals surface area contributed by atoms with Gasteiger partial charge in [0.25, 0.3) is 0 Å². The molecule has 10 nitrogen and oxygen atoms in total. The second-order valence-electron chi connectivity index (χ2n) is 1.79. The normalized spacial score (nSPS) is 9.08. The molecule has 0 aromatic rings. The summed E-state index contributed by atoms with van der Waals surface area (Å²) in [6, 6.07) is 0. The van der Waals surface area contributed by atoms with Crippen LogP contribution in [0.4, 0.5) is 0 Å². The fraction of sp³-hybridized carbons (Fsp3) is 0. The van der Waals surface area contributed by atoms with E-state index in [1.807, 2.05) is 0 Å². The minimum Gasteiger partial charge on any atom is -0.850 e. The van der Waals surface area contributed by atoms with E-state index in [1.54, 1.807) is 0 Å². The molecule has 0 saturated carbocycles. The van der Waals surface area contributed by atoms with Gasteiger partial charge in [0.05, 0.1) is 0 Å². The molecule has 0 aliphatic rings. The van der Waals surface area contributed by atoms with Crippen LogP contribution in [0.2, 0.25) is 0 Å². The van der Waals surface area contributed by atoms with Gasteiger partial charge in [-0.1, -0.05) is 0 Å². The Balaban J connectivity index is -0.0000000152. The van der Waals surface area contributed by atoms with E-state index in [-0.39, 0.29) is 117 Å². The van der Waals surface area contributed by atoms with Crippen LogP contribution < -0.4 is 48.9 Å². The first-order chi connectivity index (χ1) is 8.00. The van der Waals surface area contributed by atoms with Gasteiger partial charge in [0, 0.05) is 0 Å². The summed E-state index contributed by atoms with van der Waals surface area (Å²) in [5, 5.41) is 0. The Kier molecular flexibility index (Phi) is 77.6. The molecule has 0 atom stereocenters. The van der Waals surface area contributed by atoms with Gasteiger partial charge in [0.2, 0.25) is 0 Å². The maximum absolute atomic E-state index is 9.29. The maximum atomic E-state index is 9.29. The van der Waals surface area contributed by atoms with Crippen LogP contribution in [0.3, 0.4) is 0 Å². The van der Waals surface area contributed by atoms with Crippen LogP contribution in [0.5, 0.6) is 0 Å². The summed E-state index contributed by atoms with van der Waals surface area (Å²) in [4.78, 5) is 90.7. The molecule has 0 saturated heterocycles. The zero-order valence-corrected chi connectivity index (χ0v) is 38.8. The summed E-state index contributed by atoms with van der Waals surface area (Å²) in [7, 11) is 0. The van der Waals surface area contributed by atoms with E-state index in [4.69, 9.17) is 29.4 Å². The first kappa shape index (κ1) is 63.7.